The van der Waals surface area contributed by atoms with Crippen LogP contribution in [-0.4, -0.2) is 59.9 Å². The summed E-state index contributed by atoms with van der Waals surface area (Å²) in [4.78, 5) is 25.5. The number of aryl methyl sites for hydroxylation is 1. The van der Waals surface area contributed by atoms with Gasteiger partial charge < -0.3 is 19.1 Å². The zero-order chi connectivity index (χ0) is 19.4. The van der Waals surface area contributed by atoms with E-state index in [1.54, 1.807) is 24.3 Å². The number of halogens is 1. The summed E-state index contributed by atoms with van der Waals surface area (Å²) in [6.45, 7) is 1.97. The zero-order valence-corrected chi connectivity index (χ0v) is 15.6. The Bertz CT molecular complexity index is 846. The summed E-state index contributed by atoms with van der Waals surface area (Å²) >= 11 is 5.87. The molecule has 1 aliphatic heterocycles. The third kappa shape index (κ3) is 4.41. The Balaban J connectivity index is 1.59. The maximum Gasteiger partial charge on any atom is 0.365 e. The van der Waals surface area contributed by atoms with Gasteiger partial charge in [0.15, 0.2) is 5.76 Å². The van der Waals surface area contributed by atoms with Crippen LogP contribution < -0.4 is 5.56 Å². The summed E-state index contributed by atoms with van der Waals surface area (Å²) in [5.74, 6) is -2.31. The monoisotopic (exact) mass is 396 g/mol. The van der Waals surface area contributed by atoms with E-state index in [0.29, 0.717) is 36.8 Å². The van der Waals surface area contributed by atoms with Gasteiger partial charge in [-0.25, -0.2) is 4.79 Å². The molecule has 0 bridgehead atoms. The number of benzene rings is 1. The first-order chi connectivity index (χ1) is 12.9. The molecule has 8 nitrogen and oxygen atoms in total. The minimum absolute atomic E-state index is 0.127. The van der Waals surface area contributed by atoms with E-state index in [9.17, 15) is 14.7 Å². The number of ether oxygens (including phenoxy) is 2. The lowest BCUT2D eigenvalue weighted by Gasteiger charge is -2.38. The van der Waals surface area contributed by atoms with Crippen molar-refractivity contribution in [3.05, 3.63) is 45.7 Å². The average Bonchev–Trinajstić information content (AvgIpc) is 3.03. The molecule has 3 rings (SSSR count). The summed E-state index contributed by atoms with van der Waals surface area (Å²) in [5.41, 5.74) is 0.550. The van der Waals surface area contributed by atoms with E-state index >= 15 is 0 Å². The van der Waals surface area contributed by atoms with Crippen LogP contribution in [0.2, 0.25) is 5.02 Å². The third-order valence-corrected chi connectivity index (χ3v) is 4.76. The molecule has 0 spiro atoms. The van der Waals surface area contributed by atoms with Crippen LogP contribution >= 0.6 is 11.6 Å². The molecule has 1 aromatic carbocycles. The smallest absolute Gasteiger partial charge is 0.365 e. The first-order valence-corrected chi connectivity index (χ1v) is 8.93. The molecule has 0 radical (unpaired) electrons. The van der Waals surface area contributed by atoms with E-state index in [1.165, 1.54) is 17.9 Å². The molecular weight excluding hydrogens is 376 g/mol. The van der Waals surface area contributed by atoms with Crippen molar-refractivity contribution >= 4 is 17.6 Å². The molecule has 1 fully saturated rings. The van der Waals surface area contributed by atoms with E-state index in [-0.39, 0.29) is 18.7 Å². The van der Waals surface area contributed by atoms with Gasteiger partial charge in [0.1, 0.15) is 0 Å². The van der Waals surface area contributed by atoms with Crippen molar-refractivity contribution in [2.45, 2.75) is 18.8 Å². The quantitative estimate of drug-likeness (QED) is 0.763. The van der Waals surface area contributed by atoms with Crippen molar-refractivity contribution in [3.63, 3.8) is 0 Å². The number of carbonyl (C=O) groups is 1. The SMILES string of the molecule is COC1(C(=O)O)CN(CCCn2oc(-c3ccc(Cl)cc3)cc2=O)CCO1. The Labute approximate surface area is 160 Å². The molecule has 0 saturated carbocycles. The standard InChI is InChI=1S/C18H21ClN2O6/c1-25-18(17(23)24)12-20(9-10-26-18)7-2-8-21-16(22)11-15(27-21)13-3-5-14(19)6-4-13/h3-6,11H,2,7-10,12H2,1H3,(H,23,24). The summed E-state index contributed by atoms with van der Waals surface area (Å²) in [6, 6.07) is 8.48. The molecule has 146 valence electrons. The largest absolute Gasteiger partial charge is 0.477 e. The molecule has 1 atom stereocenters. The fourth-order valence-electron chi connectivity index (χ4n) is 3.01. The molecule has 1 aliphatic rings. The number of rotatable bonds is 7. The summed E-state index contributed by atoms with van der Waals surface area (Å²) in [6.07, 6.45) is 0.618. The summed E-state index contributed by atoms with van der Waals surface area (Å²) < 4.78 is 17.3. The third-order valence-electron chi connectivity index (χ3n) is 4.50. The number of carboxylic acids is 1. The number of aliphatic carboxylic acids is 1. The first kappa shape index (κ1) is 19.6. The average molecular weight is 397 g/mol. The van der Waals surface area contributed by atoms with E-state index < -0.39 is 11.8 Å². The van der Waals surface area contributed by atoms with Gasteiger partial charge in [-0.3, -0.25) is 9.69 Å². The predicted molar refractivity (Wildman–Crippen MR) is 97.8 cm³/mol. The molecule has 27 heavy (non-hydrogen) atoms. The Morgan fingerprint density at radius 3 is 2.74 bits per heavy atom. The normalized spacial score (nSPS) is 20.7. The number of nitrogens with zero attached hydrogens (tertiary/aromatic N) is 2. The summed E-state index contributed by atoms with van der Waals surface area (Å²) in [7, 11) is 1.32. The van der Waals surface area contributed by atoms with Gasteiger partial charge in [-0.2, -0.15) is 4.74 Å². The van der Waals surface area contributed by atoms with Crippen molar-refractivity contribution in [2.24, 2.45) is 0 Å². The number of hydrogen-bond donors (Lipinski definition) is 1. The highest BCUT2D eigenvalue weighted by Gasteiger charge is 2.44. The fourth-order valence-corrected chi connectivity index (χ4v) is 3.13. The number of hydrogen-bond acceptors (Lipinski definition) is 6. The fraction of sp³-hybridized carbons (Fsp3) is 0.444. The lowest BCUT2D eigenvalue weighted by molar-refractivity contribution is -0.256. The Morgan fingerprint density at radius 2 is 2.07 bits per heavy atom. The highest BCUT2D eigenvalue weighted by molar-refractivity contribution is 6.30. The van der Waals surface area contributed by atoms with Crippen molar-refractivity contribution in [2.75, 3.05) is 33.4 Å². The molecule has 2 aromatic rings. The predicted octanol–water partition coefficient (Wildman–Crippen LogP) is 1.91. The van der Waals surface area contributed by atoms with E-state index in [2.05, 4.69) is 0 Å². The number of aromatic nitrogens is 1. The molecule has 0 aliphatic carbocycles. The van der Waals surface area contributed by atoms with Crippen LogP contribution in [0.3, 0.4) is 0 Å². The lowest BCUT2D eigenvalue weighted by atomic mass is 10.2. The van der Waals surface area contributed by atoms with Crippen LogP contribution in [0.4, 0.5) is 0 Å². The van der Waals surface area contributed by atoms with Crippen LogP contribution in [-0.2, 0) is 20.8 Å². The van der Waals surface area contributed by atoms with Crippen LogP contribution in [0.5, 0.6) is 0 Å². The van der Waals surface area contributed by atoms with Gasteiger partial charge in [0, 0.05) is 30.8 Å². The van der Waals surface area contributed by atoms with Gasteiger partial charge >= 0.3 is 5.97 Å². The van der Waals surface area contributed by atoms with Crippen molar-refractivity contribution in [1.82, 2.24) is 9.64 Å². The van der Waals surface area contributed by atoms with E-state index in [4.69, 9.17) is 25.6 Å². The second kappa shape index (κ2) is 8.26. The minimum atomic E-state index is -1.64. The van der Waals surface area contributed by atoms with Crippen molar-refractivity contribution < 1.29 is 23.9 Å². The molecular formula is C18H21ClN2O6. The molecule has 9 heteroatoms. The maximum atomic E-state index is 12.1. The van der Waals surface area contributed by atoms with E-state index in [0.717, 1.165) is 5.56 Å². The van der Waals surface area contributed by atoms with Crippen molar-refractivity contribution in [3.8, 4) is 11.3 Å². The molecule has 2 heterocycles. The van der Waals surface area contributed by atoms with Gasteiger partial charge in [0.2, 0.25) is 0 Å². The van der Waals surface area contributed by atoms with Gasteiger partial charge in [-0.15, -0.1) is 0 Å². The van der Waals surface area contributed by atoms with Crippen LogP contribution in [0.25, 0.3) is 11.3 Å². The van der Waals surface area contributed by atoms with Crippen molar-refractivity contribution in [1.29, 1.82) is 0 Å². The number of methoxy groups -OCH3 is 1. The van der Waals surface area contributed by atoms with Gasteiger partial charge in [-0.05, 0) is 30.7 Å². The van der Waals surface area contributed by atoms with Gasteiger partial charge in [-0.1, -0.05) is 11.6 Å². The highest BCUT2D eigenvalue weighted by atomic mass is 35.5. The molecule has 1 unspecified atom stereocenters. The second-order valence-electron chi connectivity index (χ2n) is 6.29. The topological polar surface area (TPSA) is 94.1 Å². The first-order valence-electron chi connectivity index (χ1n) is 8.55. The van der Waals surface area contributed by atoms with Crippen LogP contribution in [0, 0.1) is 0 Å². The van der Waals surface area contributed by atoms with Gasteiger partial charge in [0.05, 0.1) is 25.8 Å². The Hall–Kier alpha value is -2.13. The minimum Gasteiger partial charge on any atom is -0.477 e. The Morgan fingerprint density at radius 1 is 1.33 bits per heavy atom. The number of carboxylic acid groups (broad SMARTS) is 1. The van der Waals surface area contributed by atoms with E-state index in [1.807, 2.05) is 4.90 Å². The maximum absolute atomic E-state index is 12.1. The van der Waals surface area contributed by atoms with Gasteiger partial charge in [0.25, 0.3) is 11.3 Å². The molecule has 1 aromatic heterocycles. The molecule has 1 saturated heterocycles. The lowest BCUT2D eigenvalue weighted by Crippen LogP contribution is -2.57. The molecule has 0 amide bonds. The zero-order valence-electron chi connectivity index (χ0n) is 14.9. The number of morpholine rings is 1. The Kier molecular flexibility index (Phi) is 6.01. The van der Waals surface area contributed by atoms with Crippen LogP contribution in [0.15, 0.2) is 39.6 Å². The second-order valence-corrected chi connectivity index (χ2v) is 6.72. The van der Waals surface area contributed by atoms with Crippen LogP contribution in [0.1, 0.15) is 6.42 Å². The summed E-state index contributed by atoms with van der Waals surface area (Å²) in [5, 5.41) is 9.94. The molecule has 1 N–H and O–H groups in total. The highest BCUT2D eigenvalue weighted by Crippen LogP contribution is 2.21.